The van der Waals surface area contributed by atoms with Crippen LogP contribution in [0.5, 0.6) is 0 Å². The molecule has 1 aliphatic carbocycles. The van der Waals surface area contributed by atoms with Gasteiger partial charge in [0.1, 0.15) is 5.82 Å². The van der Waals surface area contributed by atoms with Crippen LogP contribution in [-0.4, -0.2) is 34.8 Å². The van der Waals surface area contributed by atoms with Crippen molar-refractivity contribution in [2.24, 2.45) is 0 Å². The molecule has 5 nitrogen and oxygen atoms in total. The molecule has 1 atom stereocenters. The zero-order valence-corrected chi connectivity index (χ0v) is 22.3. The smallest absolute Gasteiger partial charge is 0.303 e. The van der Waals surface area contributed by atoms with Crippen molar-refractivity contribution in [3.8, 4) is 11.1 Å². The van der Waals surface area contributed by atoms with Gasteiger partial charge in [0, 0.05) is 37.4 Å². The van der Waals surface area contributed by atoms with E-state index in [9.17, 15) is 9.18 Å². The number of nitrogens with zero attached hydrogens (tertiary/aromatic N) is 1. The van der Waals surface area contributed by atoms with Gasteiger partial charge in [0.05, 0.1) is 5.60 Å². The third-order valence-corrected chi connectivity index (χ3v) is 8.03. The first kappa shape index (κ1) is 27.9. The molecule has 6 heteroatoms. The van der Waals surface area contributed by atoms with E-state index in [0.29, 0.717) is 0 Å². The van der Waals surface area contributed by atoms with Crippen LogP contribution in [0.15, 0.2) is 73.1 Å². The molecule has 1 aliphatic heterocycles. The van der Waals surface area contributed by atoms with Gasteiger partial charge in [0.25, 0.3) is 0 Å². The molecular formula is C32H39FN2O3. The second-order valence-electron chi connectivity index (χ2n) is 10.5. The Bertz CT molecular complexity index is 1160. The molecule has 1 spiro atoms. The van der Waals surface area contributed by atoms with E-state index < -0.39 is 5.97 Å². The first-order chi connectivity index (χ1) is 18.5. The Kier molecular flexibility index (Phi) is 9.64. The summed E-state index contributed by atoms with van der Waals surface area (Å²) < 4.78 is 20.1. The highest BCUT2D eigenvalue weighted by atomic mass is 19.1. The summed E-state index contributed by atoms with van der Waals surface area (Å²) in [5.41, 5.74) is 5.04. The van der Waals surface area contributed by atoms with Gasteiger partial charge in [-0.1, -0.05) is 56.2 Å². The first-order valence-corrected chi connectivity index (χ1v) is 13.8. The number of carbonyl (C=O) groups is 1. The number of carboxylic acids is 1. The Morgan fingerprint density at radius 1 is 1.03 bits per heavy atom. The molecule has 1 aromatic heterocycles. The van der Waals surface area contributed by atoms with Crippen LogP contribution in [0.3, 0.4) is 0 Å². The van der Waals surface area contributed by atoms with Gasteiger partial charge in [-0.2, -0.15) is 0 Å². The van der Waals surface area contributed by atoms with E-state index in [2.05, 4.69) is 46.7 Å². The van der Waals surface area contributed by atoms with Crippen LogP contribution >= 0.6 is 0 Å². The summed E-state index contributed by atoms with van der Waals surface area (Å²) in [5, 5.41) is 11.4. The van der Waals surface area contributed by atoms with Gasteiger partial charge in [-0.25, -0.2) is 4.39 Å². The minimum atomic E-state index is -0.745. The van der Waals surface area contributed by atoms with Crippen LogP contribution in [0, 0.1) is 5.82 Å². The summed E-state index contributed by atoms with van der Waals surface area (Å²) in [7, 11) is 0. The second kappa shape index (κ2) is 13.1. The van der Waals surface area contributed by atoms with E-state index in [0.717, 1.165) is 51.8 Å². The molecule has 2 aliphatic rings. The maximum absolute atomic E-state index is 13.7. The number of ether oxygens (including phenoxy) is 1. The Morgan fingerprint density at radius 2 is 1.71 bits per heavy atom. The lowest BCUT2D eigenvalue weighted by Gasteiger charge is -2.47. The summed E-state index contributed by atoms with van der Waals surface area (Å²) in [6, 6.07) is 19.9. The number of benzene rings is 2. The average Bonchev–Trinajstić information content (AvgIpc) is 3.39. The molecule has 5 rings (SSSR count). The molecule has 2 aromatic carbocycles. The molecule has 38 heavy (non-hydrogen) atoms. The molecule has 0 unspecified atom stereocenters. The van der Waals surface area contributed by atoms with Crippen molar-refractivity contribution in [1.29, 1.82) is 0 Å². The maximum Gasteiger partial charge on any atom is 0.303 e. The summed E-state index contributed by atoms with van der Waals surface area (Å²) in [5.74, 6) is -0.910. The standard InChI is InChI=1S/C29H33FN2O.C3H6O2/c30-26-9-7-25(8-10-26)28(16-20-33-29(22-28)13-3-4-14-29)15-19-32-21-24-5-1-2-6-27(24)23-11-17-31-18-12-23;1-2-3(4)5/h1-2,5-12,17-18,32H,3-4,13-16,19-22H2;2H2,1H3,(H,4,5)/t28-;/m1./s1. The molecule has 1 saturated carbocycles. The maximum atomic E-state index is 13.7. The molecule has 2 N–H and O–H groups in total. The van der Waals surface area contributed by atoms with Crippen LogP contribution in [0.4, 0.5) is 4.39 Å². The number of halogens is 1. The minimum Gasteiger partial charge on any atom is -0.481 e. The summed E-state index contributed by atoms with van der Waals surface area (Å²) in [6.07, 6.45) is 11.8. The van der Waals surface area contributed by atoms with Crippen molar-refractivity contribution < 1.29 is 19.0 Å². The SMILES string of the molecule is CCC(=O)O.Fc1ccc([C@]2(CCNCc3ccccc3-c3ccncc3)CCOC3(CCCC3)C2)cc1. The van der Waals surface area contributed by atoms with Gasteiger partial charge < -0.3 is 15.2 Å². The van der Waals surface area contributed by atoms with E-state index in [1.165, 1.54) is 35.1 Å². The molecule has 2 heterocycles. The summed E-state index contributed by atoms with van der Waals surface area (Å²) in [6.45, 7) is 4.13. The van der Waals surface area contributed by atoms with Crippen molar-refractivity contribution in [2.75, 3.05) is 13.2 Å². The van der Waals surface area contributed by atoms with E-state index >= 15 is 0 Å². The fourth-order valence-electron chi connectivity index (χ4n) is 6.01. The van der Waals surface area contributed by atoms with E-state index in [4.69, 9.17) is 9.84 Å². The fraction of sp³-hybridized carbons (Fsp3) is 0.438. The minimum absolute atomic E-state index is 0.0145. The van der Waals surface area contributed by atoms with Crippen LogP contribution in [0.1, 0.15) is 69.4 Å². The normalized spacial score (nSPS) is 20.1. The molecule has 202 valence electrons. The molecule has 1 saturated heterocycles. The van der Waals surface area contributed by atoms with Gasteiger partial charge in [0.2, 0.25) is 0 Å². The summed E-state index contributed by atoms with van der Waals surface area (Å²) >= 11 is 0. The Hall–Kier alpha value is -3.09. The van der Waals surface area contributed by atoms with Gasteiger partial charge >= 0.3 is 5.97 Å². The number of aliphatic carboxylic acids is 1. The fourth-order valence-corrected chi connectivity index (χ4v) is 6.01. The Balaban J connectivity index is 0.000000617. The van der Waals surface area contributed by atoms with E-state index in [1.807, 2.05) is 24.5 Å². The quantitative estimate of drug-likeness (QED) is 0.317. The van der Waals surface area contributed by atoms with Crippen molar-refractivity contribution in [3.05, 3.63) is 90.0 Å². The number of pyridine rings is 1. The number of nitrogens with one attached hydrogen (secondary N) is 1. The van der Waals surface area contributed by atoms with Crippen molar-refractivity contribution >= 4 is 5.97 Å². The highest BCUT2D eigenvalue weighted by molar-refractivity contribution is 5.66. The molecule has 3 aromatic rings. The lowest BCUT2D eigenvalue weighted by Crippen LogP contribution is -2.47. The van der Waals surface area contributed by atoms with Crippen LogP contribution < -0.4 is 5.32 Å². The number of aromatic nitrogens is 1. The molecule has 2 fully saturated rings. The highest BCUT2D eigenvalue weighted by Crippen LogP contribution is 2.50. The second-order valence-corrected chi connectivity index (χ2v) is 10.5. The largest absolute Gasteiger partial charge is 0.481 e. The lowest BCUT2D eigenvalue weighted by molar-refractivity contribution is -0.136. The van der Waals surface area contributed by atoms with Crippen LogP contribution in [0.2, 0.25) is 0 Å². The van der Waals surface area contributed by atoms with Crippen molar-refractivity contribution in [1.82, 2.24) is 10.3 Å². The first-order valence-electron chi connectivity index (χ1n) is 13.8. The zero-order valence-electron chi connectivity index (χ0n) is 22.3. The number of hydrogen-bond donors (Lipinski definition) is 2. The van der Waals surface area contributed by atoms with Crippen molar-refractivity contribution in [3.63, 3.8) is 0 Å². The number of hydrogen-bond acceptors (Lipinski definition) is 4. The van der Waals surface area contributed by atoms with Crippen LogP contribution in [-0.2, 0) is 21.5 Å². The summed E-state index contributed by atoms with van der Waals surface area (Å²) in [4.78, 5) is 13.5. The third kappa shape index (κ3) is 7.06. The monoisotopic (exact) mass is 518 g/mol. The Labute approximate surface area is 225 Å². The Morgan fingerprint density at radius 3 is 2.39 bits per heavy atom. The van der Waals surface area contributed by atoms with E-state index in [1.54, 1.807) is 19.1 Å². The average molecular weight is 519 g/mol. The molecule has 0 radical (unpaired) electrons. The topological polar surface area (TPSA) is 71.5 Å². The van der Waals surface area contributed by atoms with Crippen molar-refractivity contribution in [2.45, 2.75) is 75.9 Å². The zero-order chi connectivity index (χ0) is 26.8. The van der Waals surface area contributed by atoms with Gasteiger partial charge in [-0.3, -0.25) is 9.78 Å². The predicted octanol–water partition coefficient (Wildman–Crippen LogP) is 6.91. The van der Waals surface area contributed by atoms with Gasteiger partial charge in [-0.05, 0) is 85.2 Å². The van der Waals surface area contributed by atoms with Gasteiger partial charge in [-0.15, -0.1) is 0 Å². The van der Waals surface area contributed by atoms with E-state index in [-0.39, 0.29) is 23.3 Å². The van der Waals surface area contributed by atoms with Crippen LogP contribution in [0.25, 0.3) is 11.1 Å². The molecular weight excluding hydrogens is 479 g/mol. The predicted molar refractivity (Wildman–Crippen MR) is 148 cm³/mol. The van der Waals surface area contributed by atoms with Gasteiger partial charge in [0.15, 0.2) is 0 Å². The number of rotatable bonds is 8. The highest BCUT2D eigenvalue weighted by Gasteiger charge is 2.47. The third-order valence-electron chi connectivity index (χ3n) is 8.03. The number of carboxylic acid groups (broad SMARTS) is 1. The molecule has 0 bridgehead atoms. The molecule has 0 amide bonds. The lowest BCUT2D eigenvalue weighted by atomic mass is 9.66.